The van der Waals surface area contributed by atoms with Crippen molar-refractivity contribution in [1.29, 1.82) is 0 Å². The minimum absolute atomic E-state index is 0.00385. The van der Waals surface area contributed by atoms with Crippen molar-refractivity contribution in [3.8, 4) is 0 Å². The Kier molecular flexibility index (Phi) is 16.1. The van der Waals surface area contributed by atoms with Crippen molar-refractivity contribution in [1.82, 2.24) is 10.2 Å². The lowest BCUT2D eigenvalue weighted by Crippen LogP contribution is -2.59. The topological polar surface area (TPSA) is 143 Å². The van der Waals surface area contributed by atoms with Crippen LogP contribution < -0.4 is 5.32 Å². The summed E-state index contributed by atoms with van der Waals surface area (Å²) in [5, 5.41) is 16.7. The maximum absolute atomic E-state index is 15.1. The number of aliphatic hydroxyl groups is 1. The summed E-state index contributed by atoms with van der Waals surface area (Å²) < 4.78 is 50.4. The number of likely N-dealkylation sites (N-methyl/N-ethyl adjacent to an activating group) is 1. The fourth-order valence-electron chi connectivity index (χ4n) is 12.4. The second-order valence-corrected chi connectivity index (χ2v) is 19.4. The number of ketones is 1. The van der Waals surface area contributed by atoms with E-state index in [0.717, 1.165) is 24.8 Å². The molecule has 3 aliphatic carbocycles. The second kappa shape index (κ2) is 20.9. The molecule has 0 bridgehead atoms. The van der Waals surface area contributed by atoms with Gasteiger partial charge in [-0.2, -0.15) is 0 Å². The number of hydrogen-bond acceptors (Lipinski definition) is 13. The monoisotopic (exact) mass is 869 g/mol. The van der Waals surface area contributed by atoms with Crippen LogP contribution in [0.5, 0.6) is 0 Å². The molecule has 13 heteroatoms. The third kappa shape index (κ3) is 9.93. The van der Waals surface area contributed by atoms with Gasteiger partial charge < -0.3 is 53.2 Å². The second-order valence-electron chi connectivity index (χ2n) is 19.4. The number of aliphatic hydroxyl groups excluding tert-OH is 1. The van der Waals surface area contributed by atoms with E-state index in [1.165, 1.54) is 0 Å². The molecular weight excluding hydrogens is 793 g/mol. The number of rotatable bonds is 12. The summed E-state index contributed by atoms with van der Waals surface area (Å²) in [7, 11) is 9.09. The summed E-state index contributed by atoms with van der Waals surface area (Å²) >= 11 is 0. The fourth-order valence-corrected chi connectivity index (χ4v) is 12.4. The molecule has 2 N–H and O–H groups in total. The molecule has 1 aromatic rings. The van der Waals surface area contributed by atoms with Gasteiger partial charge in [-0.1, -0.05) is 50.3 Å². The van der Waals surface area contributed by atoms with E-state index in [-0.39, 0.29) is 90.6 Å². The number of allylic oxidation sites excluding steroid dienone is 2. The summed E-state index contributed by atoms with van der Waals surface area (Å²) in [5.74, 6) is -1.84. The number of nitrogens with one attached hydrogen (secondary N) is 1. The van der Waals surface area contributed by atoms with E-state index >= 15 is 4.79 Å². The van der Waals surface area contributed by atoms with Crippen LogP contribution in [0, 0.1) is 35.5 Å². The zero-order chi connectivity index (χ0) is 44.4. The first-order valence-electron chi connectivity index (χ1n) is 23.6. The standard InChI is InChI=1S/C49H76N2O11/c1-11-31-18-15-19-39(62-41-21-20-38(51(6)7)28(4)58-41)26(2)44(53)37-24-34-33-22-32(61-49-48(57-10)47(56-9)46(55-8)29(5)59-49)23-36(33)43(50-27(3)30-16-13-12-14-17-30)45(54)42(34)35(37)25-40(52)60-31/h12-14,16-17,24,26-29,31-36,38-39,41-43,45-50,54H,11,15,18-23,25H2,1-10H3/t26-,27+,28?,29?,31+,32+,33+,34+,35-,36-,38+,39+,41?,42-,43-,45+,46+,47?,48?,49+/m1/s1. The Bertz CT molecular complexity index is 1660. The SMILES string of the molecule is CC[C@H]1CCC[C@H](OC2CC[C@H](N(C)C)C(C)O2)[C@@H](C)C(=O)C2=C[C@H]3[C@@H]4C[C@H](O[C@@H]5OC(C)[C@H](OC)C(OC)C5OC)C[C@H]4[C@@H](N[C@@H](C)c4ccccc4)[C@@H](O)[C@H]3[C@@H]2CC(=O)O1. The molecule has 348 valence electrons. The predicted octanol–water partition coefficient (Wildman–Crippen LogP) is 6.01. The first kappa shape index (κ1) is 47.7. The molecule has 6 aliphatic rings. The van der Waals surface area contributed by atoms with Crippen LogP contribution in [0.2, 0.25) is 0 Å². The number of cyclic esters (lactones) is 1. The number of esters is 1. The molecule has 7 rings (SSSR count). The number of benzene rings is 1. The van der Waals surface area contributed by atoms with Crippen molar-refractivity contribution in [2.75, 3.05) is 35.4 Å². The van der Waals surface area contributed by atoms with Gasteiger partial charge in [-0.25, -0.2) is 0 Å². The van der Waals surface area contributed by atoms with E-state index in [2.05, 4.69) is 56.4 Å². The molecule has 0 amide bonds. The molecule has 3 saturated heterocycles. The van der Waals surface area contributed by atoms with Gasteiger partial charge in [0.15, 0.2) is 18.4 Å². The molecule has 20 atom stereocenters. The normalized spacial score (nSPS) is 43.4. The van der Waals surface area contributed by atoms with Crippen LogP contribution in [0.15, 0.2) is 42.0 Å². The van der Waals surface area contributed by atoms with E-state index in [1.807, 2.05) is 39.0 Å². The van der Waals surface area contributed by atoms with Gasteiger partial charge in [0.2, 0.25) is 0 Å². The number of carbonyl (C=O) groups is 2. The van der Waals surface area contributed by atoms with E-state index in [1.54, 1.807) is 21.3 Å². The fraction of sp³-hybridized carbons (Fsp3) is 0.796. The summed E-state index contributed by atoms with van der Waals surface area (Å²) in [4.78, 5) is 31.3. The third-order valence-corrected chi connectivity index (χ3v) is 15.6. The largest absolute Gasteiger partial charge is 0.462 e. The van der Waals surface area contributed by atoms with Gasteiger partial charge in [0, 0.05) is 57.2 Å². The Morgan fingerprint density at radius 2 is 1.58 bits per heavy atom. The van der Waals surface area contributed by atoms with Crippen molar-refractivity contribution in [3.63, 3.8) is 0 Å². The lowest BCUT2D eigenvalue weighted by Gasteiger charge is -2.48. The van der Waals surface area contributed by atoms with Crippen LogP contribution in [0.3, 0.4) is 0 Å². The van der Waals surface area contributed by atoms with Gasteiger partial charge in [-0.05, 0) is 115 Å². The van der Waals surface area contributed by atoms with Gasteiger partial charge >= 0.3 is 5.97 Å². The lowest BCUT2D eigenvalue weighted by atomic mass is 9.62. The molecule has 0 spiro atoms. The van der Waals surface area contributed by atoms with Crippen LogP contribution in [-0.2, 0) is 47.5 Å². The molecule has 3 heterocycles. The summed E-state index contributed by atoms with van der Waals surface area (Å²) in [6.07, 6.45) is 3.62. The van der Waals surface area contributed by atoms with Gasteiger partial charge in [-0.15, -0.1) is 0 Å². The smallest absolute Gasteiger partial charge is 0.306 e. The number of Topliss-reactive ketones (excluding diaryl/α,β-unsaturated/α-hetero) is 1. The van der Waals surface area contributed by atoms with E-state index in [0.29, 0.717) is 43.7 Å². The lowest BCUT2D eigenvalue weighted by molar-refractivity contribution is -0.314. The zero-order valence-corrected chi connectivity index (χ0v) is 38.9. The molecule has 2 saturated carbocycles. The molecular formula is C49H76N2O11. The summed E-state index contributed by atoms with van der Waals surface area (Å²) in [5.41, 5.74) is 1.73. The number of ether oxygens (including phenoxy) is 8. The highest BCUT2D eigenvalue weighted by molar-refractivity contribution is 5.99. The Morgan fingerprint density at radius 1 is 0.871 bits per heavy atom. The van der Waals surface area contributed by atoms with Crippen molar-refractivity contribution >= 4 is 11.8 Å². The predicted molar refractivity (Wildman–Crippen MR) is 233 cm³/mol. The van der Waals surface area contributed by atoms with Crippen LogP contribution in [-0.4, -0.2) is 137 Å². The Labute approximate surface area is 370 Å². The maximum Gasteiger partial charge on any atom is 0.306 e. The highest BCUT2D eigenvalue weighted by Crippen LogP contribution is 2.57. The van der Waals surface area contributed by atoms with E-state index < -0.39 is 42.7 Å². The quantitative estimate of drug-likeness (QED) is 0.237. The Balaban J connectivity index is 1.20. The number of fused-ring (bicyclic) bond motifs is 5. The summed E-state index contributed by atoms with van der Waals surface area (Å²) in [6, 6.07) is 10.1. The highest BCUT2D eigenvalue weighted by atomic mass is 16.7. The van der Waals surface area contributed by atoms with Crippen LogP contribution in [0.1, 0.15) is 104 Å². The van der Waals surface area contributed by atoms with Crippen LogP contribution >= 0.6 is 0 Å². The average molecular weight is 869 g/mol. The Hall–Kier alpha value is -2.30. The first-order valence-corrected chi connectivity index (χ1v) is 23.6. The molecule has 1 aromatic carbocycles. The molecule has 0 radical (unpaired) electrons. The minimum Gasteiger partial charge on any atom is -0.462 e. The Morgan fingerprint density at radius 3 is 2.24 bits per heavy atom. The van der Waals surface area contributed by atoms with Crippen LogP contribution in [0.25, 0.3) is 0 Å². The van der Waals surface area contributed by atoms with Gasteiger partial charge in [0.05, 0.1) is 36.9 Å². The van der Waals surface area contributed by atoms with Gasteiger partial charge in [0.25, 0.3) is 0 Å². The third-order valence-electron chi connectivity index (χ3n) is 15.6. The molecule has 5 unspecified atom stereocenters. The van der Waals surface area contributed by atoms with E-state index in [9.17, 15) is 9.90 Å². The first-order chi connectivity index (χ1) is 29.8. The maximum atomic E-state index is 15.1. The number of methoxy groups -OCH3 is 3. The molecule has 5 fully saturated rings. The molecule has 13 nitrogen and oxygen atoms in total. The number of nitrogens with zero attached hydrogens (tertiary/aromatic N) is 1. The highest BCUT2D eigenvalue weighted by Gasteiger charge is 2.60. The van der Waals surface area contributed by atoms with E-state index in [4.69, 9.17) is 37.9 Å². The van der Waals surface area contributed by atoms with Gasteiger partial charge in [-0.3, -0.25) is 9.59 Å². The number of hydrogen-bond donors (Lipinski definition) is 2. The van der Waals surface area contributed by atoms with Crippen LogP contribution in [0.4, 0.5) is 0 Å². The van der Waals surface area contributed by atoms with Gasteiger partial charge in [0.1, 0.15) is 24.4 Å². The molecule has 3 aliphatic heterocycles. The molecule has 0 aromatic heterocycles. The van der Waals surface area contributed by atoms with Crippen molar-refractivity contribution in [3.05, 3.63) is 47.5 Å². The zero-order valence-electron chi connectivity index (χ0n) is 38.9. The van der Waals surface area contributed by atoms with Crippen molar-refractivity contribution in [2.24, 2.45) is 35.5 Å². The average Bonchev–Trinajstić information content (AvgIpc) is 3.85. The summed E-state index contributed by atoms with van der Waals surface area (Å²) in [6.45, 7) is 10.2. The number of carbonyl (C=O) groups excluding carboxylic acids is 2. The van der Waals surface area contributed by atoms with Crippen molar-refractivity contribution in [2.45, 2.75) is 178 Å². The molecule has 62 heavy (non-hydrogen) atoms. The van der Waals surface area contributed by atoms with Crippen molar-refractivity contribution < 1.29 is 52.6 Å². The minimum atomic E-state index is -0.859.